The van der Waals surface area contributed by atoms with E-state index in [1.54, 1.807) is 0 Å². The average Bonchev–Trinajstić information content (AvgIpc) is 2.31. The number of rotatable bonds is 5. The molecule has 0 radical (unpaired) electrons. The van der Waals surface area contributed by atoms with Crippen molar-refractivity contribution in [3.05, 3.63) is 35.9 Å². The number of carbonyl (C=O) groups is 1. The highest BCUT2D eigenvalue weighted by atomic mass is 16.7. The van der Waals surface area contributed by atoms with E-state index in [1.165, 1.54) is 6.21 Å². The molecule has 0 bridgehead atoms. The van der Waals surface area contributed by atoms with Gasteiger partial charge in [0, 0.05) is 6.54 Å². The predicted molar refractivity (Wildman–Crippen MR) is 63.4 cm³/mol. The zero-order chi connectivity index (χ0) is 11.6. The Morgan fingerprint density at radius 1 is 1.44 bits per heavy atom. The van der Waals surface area contributed by atoms with Crippen LogP contribution in [0.3, 0.4) is 0 Å². The molecule has 1 aromatic carbocycles. The van der Waals surface area contributed by atoms with E-state index in [-0.39, 0.29) is 0 Å². The molecule has 16 heavy (non-hydrogen) atoms. The SMILES string of the molecule is CCCCNC(=O)ON=Cc1ccccc1. The van der Waals surface area contributed by atoms with E-state index >= 15 is 0 Å². The van der Waals surface area contributed by atoms with Crippen LogP contribution in [0.5, 0.6) is 0 Å². The molecular weight excluding hydrogens is 204 g/mol. The first-order chi connectivity index (χ1) is 7.83. The van der Waals surface area contributed by atoms with E-state index < -0.39 is 6.09 Å². The molecule has 0 unspecified atom stereocenters. The van der Waals surface area contributed by atoms with Crippen molar-refractivity contribution >= 4 is 12.3 Å². The van der Waals surface area contributed by atoms with E-state index in [4.69, 9.17) is 0 Å². The molecule has 4 heteroatoms. The highest BCUT2D eigenvalue weighted by Gasteiger charge is 1.97. The molecular formula is C12H16N2O2. The van der Waals surface area contributed by atoms with Crippen molar-refractivity contribution in [2.24, 2.45) is 5.16 Å². The monoisotopic (exact) mass is 220 g/mol. The topological polar surface area (TPSA) is 50.7 Å². The van der Waals surface area contributed by atoms with Crippen molar-refractivity contribution in [3.63, 3.8) is 0 Å². The molecule has 0 spiro atoms. The second-order valence-electron chi connectivity index (χ2n) is 3.30. The summed E-state index contributed by atoms with van der Waals surface area (Å²) < 4.78 is 0. The fourth-order valence-electron chi connectivity index (χ4n) is 1.07. The van der Waals surface area contributed by atoms with Crippen LogP contribution in [0.2, 0.25) is 0 Å². The minimum atomic E-state index is -0.513. The number of oxime groups is 1. The molecule has 1 amide bonds. The fraction of sp³-hybridized carbons (Fsp3) is 0.333. The second kappa shape index (κ2) is 7.45. The van der Waals surface area contributed by atoms with Gasteiger partial charge in [-0.3, -0.25) is 4.84 Å². The maximum absolute atomic E-state index is 11.1. The Morgan fingerprint density at radius 2 is 2.19 bits per heavy atom. The molecule has 0 heterocycles. The molecule has 1 N–H and O–H groups in total. The Labute approximate surface area is 95.3 Å². The van der Waals surface area contributed by atoms with Crippen molar-refractivity contribution in [2.75, 3.05) is 6.54 Å². The van der Waals surface area contributed by atoms with Crippen molar-refractivity contribution in [2.45, 2.75) is 19.8 Å². The molecule has 0 saturated carbocycles. The number of carbonyl (C=O) groups excluding carboxylic acids is 1. The molecule has 0 fully saturated rings. The van der Waals surface area contributed by atoms with Crippen molar-refractivity contribution in [1.29, 1.82) is 0 Å². The number of hydrogen-bond acceptors (Lipinski definition) is 3. The first-order valence-corrected chi connectivity index (χ1v) is 5.36. The lowest BCUT2D eigenvalue weighted by Crippen LogP contribution is -2.23. The van der Waals surface area contributed by atoms with Gasteiger partial charge in [0.15, 0.2) is 0 Å². The Kier molecular flexibility index (Phi) is 5.70. The normalized spacial score (nSPS) is 10.3. The van der Waals surface area contributed by atoms with Gasteiger partial charge in [0.1, 0.15) is 0 Å². The van der Waals surface area contributed by atoms with Crippen LogP contribution in [0.1, 0.15) is 25.3 Å². The standard InChI is InChI=1S/C12H16N2O2/c1-2-3-9-13-12(15)16-14-10-11-7-5-4-6-8-11/h4-8,10H,2-3,9H2,1H3,(H,13,15). The average molecular weight is 220 g/mol. The highest BCUT2D eigenvalue weighted by Crippen LogP contribution is 1.94. The fourth-order valence-corrected chi connectivity index (χ4v) is 1.07. The molecule has 0 aliphatic carbocycles. The van der Waals surface area contributed by atoms with E-state index in [0.29, 0.717) is 6.54 Å². The van der Waals surface area contributed by atoms with E-state index in [9.17, 15) is 4.79 Å². The van der Waals surface area contributed by atoms with Crippen LogP contribution < -0.4 is 5.32 Å². The number of nitrogens with zero attached hydrogens (tertiary/aromatic N) is 1. The van der Waals surface area contributed by atoms with Crippen LogP contribution in [-0.2, 0) is 4.84 Å². The lowest BCUT2D eigenvalue weighted by atomic mass is 10.2. The van der Waals surface area contributed by atoms with Crippen LogP contribution >= 0.6 is 0 Å². The first kappa shape index (κ1) is 12.2. The summed E-state index contributed by atoms with van der Waals surface area (Å²) in [6, 6.07) is 9.45. The molecule has 0 saturated heterocycles. The van der Waals surface area contributed by atoms with E-state index in [1.807, 2.05) is 30.3 Å². The molecule has 4 nitrogen and oxygen atoms in total. The van der Waals surface area contributed by atoms with Gasteiger partial charge in [0.2, 0.25) is 0 Å². The third-order valence-corrected chi connectivity index (χ3v) is 1.94. The quantitative estimate of drug-likeness (QED) is 0.359. The van der Waals surface area contributed by atoms with E-state index in [0.717, 1.165) is 18.4 Å². The van der Waals surface area contributed by atoms with Crippen molar-refractivity contribution in [1.82, 2.24) is 5.32 Å². The van der Waals surface area contributed by atoms with Gasteiger partial charge in [-0.2, -0.15) is 0 Å². The van der Waals surface area contributed by atoms with Gasteiger partial charge in [-0.05, 0) is 12.0 Å². The summed E-state index contributed by atoms with van der Waals surface area (Å²) in [7, 11) is 0. The maximum atomic E-state index is 11.1. The summed E-state index contributed by atoms with van der Waals surface area (Å²) in [5, 5.41) is 6.18. The van der Waals surface area contributed by atoms with Gasteiger partial charge in [0.25, 0.3) is 0 Å². The smallest absolute Gasteiger partial charge is 0.320 e. The number of nitrogens with one attached hydrogen (secondary N) is 1. The Hall–Kier alpha value is -1.84. The largest absolute Gasteiger partial charge is 0.433 e. The zero-order valence-electron chi connectivity index (χ0n) is 9.35. The second-order valence-corrected chi connectivity index (χ2v) is 3.30. The molecule has 0 aliphatic heterocycles. The molecule has 0 atom stereocenters. The lowest BCUT2D eigenvalue weighted by molar-refractivity contribution is 0.151. The van der Waals surface area contributed by atoms with E-state index in [2.05, 4.69) is 22.2 Å². The summed E-state index contributed by atoms with van der Waals surface area (Å²) in [5.41, 5.74) is 0.892. The zero-order valence-corrected chi connectivity index (χ0v) is 9.35. The molecule has 0 aliphatic rings. The minimum Gasteiger partial charge on any atom is -0.320 e. The number of benzene rings is 1. The van der Waals surface area contributed by atoms with Gasteiger partial charge in [-0.1, -0.05) is 48.8 Å². The summed E-state index contributed by atoms with van der Waals surface area (Å²) in [6.07, 6.45) is 2.96. The van der Waals surface area contributed by atoms with Gasteiger partial charge in [0.05, 0.1) is 6.21 Å². The first-order valence-electron chi connectivity index (χ1n) is 5.36. The molecule has 1 rings (SSSR count). The summed E-state index contributed by atoms with van der Waals surface area (Å²) in [6.45, 7) is 2.68. The van der Waals surface area contributed by atoms with Gasteiger partial charge >= 0.3 is 6.09 Å². The summed E-state index contributed by atoms with van der Waals surface area (Å²) >= 11 is 0. The van der Waals surface area contributed by atoms with Crippen LogP contribution in [0.25, 0.3) is 0 Å². The summed E-state index contributed by atoms with van der Waals surface area (Å²) in [4.78, 5) is 15.7. The van der Waals surface area contributed by atoms with Gasteiger partial charge < -0.3 is 5.32 Å². The number of unbranched alkanes of at least 4 members (excludes halogenated alkanes) is 1. The molecule has 86 valence electrons. The number of hydrogen-bond donors (Lipinski definition) is 1. The Balaban J connectivity index is 2.24. The van der Waals surface area contributed by atoms with Gasteiger partial charge in [-0.15, -0.1) is 0 Å². The van der Waals surface area contributed by atoms with Crippen LogP contribution in [0, 0.1) is 0 Å². The molecule has 0 aromatic heterocycles. The maximum Gasteiger partial charge on any atom is 0.433 e. The Bertz CT molecular complexity index is 336. The lowest BCUT2D eigenvalue weighted by Gasteiger charge is -2.00. The third-order valence-electron chi connectivity index (χ3n) is 1.94. The molecule has 1 aromatic rings. The van der Waals surface area contributed by atoms with Crippen LogP contribution in [-0.4, -0.2) is 18.9 Å². The summed E-state index contributed by atoms with van der Waals surface area (Å²) in [5.74, 6) is 0. The van der Waals surface area contributed by atoms with Crippen molar-refractivity contribution in [3.8, 4) is 0 Å². The highest BCUT2D eigenvalue weighted by molar-refractivity contribution is 5.79. The predicted octanol–water partition coefficient (Wildman–Crippen LogP) is 2.55. The van der Waals surface area contributed by atoms with Gasteiger partial charge in [-0.25, -0.2) is 4.79 Å². The van der Waals surface area contributed by atoms with Crippen LogP contribution in [0.15, 0.2) is 35.5 Å². The number of amides is 1. The Morgan fingerprint density at radius 3 is 2.88 bits per heavy atom. The van der Waals surface area contributed by atoms with Crippen molar-refractivity contribution < 1.29 is 9.63 Å². The van der Waals surface area contributed by atoms with Crippen LogP contribution in [0.4, 0.5) is 4.79 Å². The third kappa shape index (κ3) is 5.14. The minimum absolute atomic E-state index is 0.513.